The van der Waals surface area contributed by atoms with Crippen molar-refractivity contribution >= 4 is 21.6 Å². The van der Waals surface area contributed by atoms with Crippen molar-refractivity contribution in [3.8, 4) is 0 Å². The Morgan fingerprint density at radius 2 is 2.26 bits per heavy atom. The van der Waals surface area contributed by atoms with Gasteiger partial charge in [0.2, 0.25) is 10.0 Å². The SMILES string of the molecule is O=S(=O)(NCC1(O)CCOC1)c1cc(F)ccc1Cl. The lowest BCUT2D eigenvalue weighted by Gasteiger charge is -2.20. The topological polar surface area (TPSA) is 75.6 Å². The third-order valence-electron chi connectivity index (χ3n) is 2.86. The van der Waals surface area contributed by atoms with E-state index in [1.807, 2.05) is 0 Å². The highest BCUT2D eigenvalue weighted by Crippen LogP contribution is 2.23. The van der Waals surface area contributed by atoms with Gasteiger partial charge in [0.1, 0.15) is 16.3 Å². The minimum absolute atomic E-state index is 0.0619. The van der Waals surface area contributed by atoms with Crippen molar-refractivity contribution in [2.24, 2.45) is 0 Å². The summed E-state index contributed by atoms with van der Waals surface area (Å²) in [7, 11) is -3.98. The van der Waals surface area contributed by atoms with E-state index in [0.29, 0.717) is 13.0 Å². The zero-order valence-corrected chi connectivity index (χ0v) is 11.5. The monoisotopic (exact) mass is 309 g/mol. The van der Waals surface area contributed by atoms with Crippen molar-refractivity contribution < 1.29 is 22.7 Å². The number of nitrogens with one attached hydrogen (secondary N) is 1. The van der Waals surface area contributed by atoms with Crippen LogP contribution < -0.4 is 4.72 Å². The summed E-state index contributed by atoms with van der Waals surface area (Å²) in [5.41, 5.74) is -1.23. The van der Waals surface area contributed by atoms with Gasteiger partial charge in [-0.1, -0.05) is 11.6 Å². The first-order valence-electron chi connectivity index (χ1n) is 5.57. The smallest absolute Gasteiger partial charge is 0.242 e. The van der Waals surface area contributed by atoms with Crippen LogP contribution in [0, 0.1) is 5.82 Å². The van der Waals surface area contributed by atoms with Crippen LogP contribution in [-0.2, 0) is 14.8 Å². The molecule has 0 amide bonds. The Morgan fingerprint density at radius 3 is 2.89 bits per heavy atom. The van der Waals surface area contributed by atoms with Crippen LogP contribution in [0.2, 0.25) is 5.02 Å². The average molecular weight is 310 g/mol. The van der Waals surface area contributed by atoms with Crippen molar-refractivity contribution in [3.05, 3.63) is 29.0 Å². The van der Waals surface area contributed by atoms with E-state index in [9.17, 15) is 17.9 Å². The second-order valence-corrected chi connectivity index (χ2v) is 6.57. The molecular formula is C11H13ClFNO4S. The van der Waals surface area contributed by atoms with Gasteiger partial charge in [0.25, 0.3) is 0 Å². The average Bonchev–Trinajstić information content (AvgIpc) is 2.78. The van der Waals surface area contributed by atoms with Crippen molar-refractivity contribution in [2.75, 3.05) is 19.8 Å². The van der Waals surface area contributed by atoms with Crippen molar-refractivity contribution in [3.63, 3.8) is 0 Å². The Bertz CT molecular complexity index is 572. The standard InChI is InChI=1S/C11H13ClFNO4S/c12-9-2-1-8(13)5-10(9)19(16,17)14-6-11(15)3-4-18-7-11/h1-2,5,14-15H,3-4,6-7H2. The van der Waals surface area contributed by atoms with E-state index >= 15 is 0 Å². The summed E-state index contributed by atoms with van der Waals surface area (Å²) in [6.07, 6.45) is 0.340. The second-order valence-electron chi connectivity index (χ2n) is 4.43. The predicted molar refractivity (Wildman–Crippen MR) is 67.0 cm³/mol. The van der Waals surface area contributed by atoms with Gasteiger partial charge in [-0.2, -0.15) is 0 Å². The van der Waals surface area contributed by atoms with Crippen LogP contribution >= 0.6 is 11.6 Å². The van der Waals surface area contributed by atoms with Gasteiger partial charge in [-0.15, -0.1) is 0 Å². The van der Waals surface area contributed by atoms with Gasteiger partial charge in [0.05, 0.1) is 11.6 Å². The Balaban J connectivity index is 2.16. The fraction of sp³-hybridized carbons (Fsp3) is 0.455. The van der Waals surface area contributed by atoms with Crippen LogP contribution in [0.15, 0.2) is 23.1 Å². The van der Waals surface area contributed by atoms with Gasteiger partial charge in [-0.05, 0) is 18.2 Å². The third-order valence-corrected chi connectivity index (χ3v) is 4.74. The molecule has 19 heavy (non-hydrogen) atoms. The minimum atomic E-state index is -3.98. The third kappa shape index (κ3) is 3.43. The molecule has 5 nitrogen and oxygen atoms in total. The van der Waals surface area contributed by atoms with E-state index < -0.39 is 21.4 Å². The number of sulfonamides is 1. The number of rotatable bonds is 4. The Morgan fingerprint density at radius 1 is 1.53 bits per heavy atom. The summed E-state index contributed by atoms with van der Waals surface area (Å²) in [4.78, 5) is -0.350. The van der Waals surface area contributed by atoms with Gasteiger partial charge in [-0.25, -0.2) is 17.5 Å². The number of hydrogen-bond donors (Lipinski definition) is 2. The Labute approximate surface area is 115 Å². The van der Waals surface area contributed by atoms with E-state index in [2.05, 4.69) is 4.72 Å². The molecule has 1 aromatic carbocycles. The zero-order valence-electron chi connectivity index (χ0n) is 9.90. The summed E-state index contributed by atoms with van der Waals surface area (Å²) in [5, 5.41) is 9.89. The van der Waals surface area contributed by atoms with Crippen LogP contribution in [0.25, 0.3) is 0 Å². The largest absolute Gasteiger partial charge is 0.386 e. The molecule has 1 unspecified atom stereocenters. The van der Waals surface area contributed by atoms with Crippen LogP contribution in [0.1, 0.15) is 6.42 Å². The first-order valence-corrected chi connectivity index (χ1v) is 7.43. The molecule has 0 aliphatic carbocycles. The molecule has 1 aliphatic rings. The normalized spacial score (nSPS) is 23.7. The molecule has 0 saturated carbocycles. The van der Waals surface area contributed by atoms with Gasteiger partial charge >= 0.3 is 0 Å². The lowest BCUT2D eigenvalue weighted by molar-refractivity contribution is 0.0314. The molecule has 1 aliphatic heterocycles. The second kappa shape index (κ2) is 5.34. The number of benzene rings is 1. The molecule has 2 rings (SSSR count). The van der Waals surface area contributed by atoms with E-state index in [0.717, 1.165) is 12.1 Å². The van der Waals surface area contributed by atoms with Crippen LogP contribution in [-0.4, -0.2) is 38.9 Å². The highest BCUT2D eigenvalue weighted by Gasteiger charge is 2.34. The molecule has 2 N–H and O–H groups in total. The van der Waals surface area contributed by atoms with Crippen molar-refractivity contribution in [1.29, 1.82) is 0 Å². The molecule has 8 heteroatoms. The van der Waals surface area contributed by atoms with E-state index in [-0.39, 0.29) is 23.1 Å². The number of halogens is 2. The number of hydrogen-bond acceptors (Lipinski definition) is 4. The summed E-state index contributed by atoms with van der Waals surface area (Å²) >= 11 is 5.74. The van der Waals surface area contributed by atoms with E-state index in [4.69, 9.17) is 16.3 Å². The van der Waals surface area contributed by atoms with Crippen LogP contribution in [0.4, 0.5) is 4.39 Å². The van der Waals surface area contributed by atoms with Crippen molar-refractivity contribution in [2.45, 2.75) is 16.9 Å². The minimum Gasteiger partial charge on any atom is -0.386 e. The first kappa shape index (κ1) is 14.7. The molecule has 0 spiro atoms. The van der Waals surface area contributed by atoms with E-state index in [1.165, 1.54) is 6.07 Å². The Kier molecular flexibility index (Phi) is 4.12. The fourth-order valence-corrected chi connectivity index (χ4v) is 3.36. The molecular weight excluding hydrogens is 297 g/mol. The maximum atomic E-state index is 13.1. The van der Waals surface area contributed by atoms with E-state index in [1.54, 1.807) is 0 Å². The number of aliphatic hydroxyl groups is 1. The summed E-state index contributed by atoms with van der Waals surface area (Å²) in [5.74, 6) is -0.701. The van der Waals surface area contributed by atoms with Gasteiger partial charge in [0.15, 0.2) is 0 Å². The highest BCUT2D eigenvalue weighted by atomic mass is 35.5. The molecule has 1 atom stereocenters. The summed E-state index contributed by atoms with van der Waals surface area (Å²) in [6, 6.07) is 3.07. The van der Waals surface area contributed by atoms with Gasteiger partial charge in [0, 0.05) is 19.6 Å². The maximum Gasteiger partial charge on any atom is 0.242 e. The first-order chi connectivity index (χ1) is 8.82. The molecule has 1 saturated heterocycles. The van der Waals surface area contributed by atoms with Gasteiger partial charge < -0.3 is 9.84 Å². The summed E-state index contributed by atoms with van der Waals surface area (Å²) in [6.45, 7) is 0.230. The zero-order chi connectivity index (χ0) is 14.1. The summed E-state index contributed by atoms with van der Waals surface area (Å²) < 4.78 is 44.3. The molecule has 1 fully saturated rings. The quantitative estimate of drug-likeness (QED) is 0.867. The Hall–Kier alpha value is -0.730. The lowest BCUT2D eigenvalue weighted by Crippen LogP contribution is -2.43. The molecule has 1 heterocycles. The van der Waals surface area contributed by atoms with Crippen LogP contribution in [0.3, 0.4) is 0 Å². The highest BCUT2D eigenvalue weighted by molar-refractivity contribution is 7.89. The van der Waals surface area contributed by atoms with Crippen molar-refractivity contribution in [1.82, 2.24) is 4.72 Å². The predicted octanol–water partition coefficient (Wildman–Crippen LogP) is 0.909. The molecule has 1 aromatic rings. The molecule has 106 valence electrons. The lowest BCUT2D eigenvalue weighted by atomic mass is 10.1. The fourth-order valence-electron chi connectivity index (χ4n) is 1.73. The molecule has 0 aromatic heterocycles. The van der Waals surface area contributed by atoms with Crippen LogP contribution in [0.5, 0.6) is 0 Å². The molecule has 0 radical (unpaired) electrons. The number of ether oxygens (including phenoxy) is 1. The molecule has 0 bridgehead atoms. The van der Waals surface area contributed by atoms with Gasteiger partial charge in [-0.3, -0.25) is 0 Å². The maximum absolute atomic E-state index is 13.1.